The fourth-order valence-corrected chi connectivity index (χ4v) is 3.09. The van der Waals surface area contributed by atoms with Gasteiger partial charge in [0.15, 0.2) is 0 Å². The van der Waals surface area contributed by atoms with Crippen LogP contribution in [-0.2, 0) is 11.2 Å². The van der Waals surface area contributed by atoms with E-state index in [1.807, 2.05) is 30.5 Å². The monoisotopic (exact) mass is 368 g/mol. The number of methoxy groups -OCH3 is 2. The summed E-state index contributed by atoms with van der Waals surface area (Å²) in [5.74, 6) is 1.75. The summed E-state index contributed by atoms with van der Waals surface area (Å²) < 4.78 is 16.7. The lowest BCUT2D eigenvalue weighted by Gasteiger charge is -2.24. The maximum atomic E-state index is 6.26. The second-order valence-corrected chi connectivity index (χ2v) is 6.53. The molecule has 1 N–H and O–H groups in total. The van der Waals surface area contributed by atoms with Crippen LogP contribution in [0.3, 0.4) is 0 Å². The van der Waals surface area contributed by atoms with E-state index in [4.69, 9.17) is 14.2 Å². The van der Waals surface area contributed by atoms with Crippen LogP contribution in [0, 0.1) is 0 Å². The number of rotatable bonds is 10. The summed E-state index contributed by atoms with van der Waals surface area (Å²) in [5, 5.41) is 3.21. The van der Waals surface area contributed by atoms with Crippen molar-refractivity contribution in [3.05, 3.63) is 72.1 Å². The van der Waals surface area contributed by atoms with E-state index in [-0.39, 0.29) is 6.10 Å². The highest BCUT2D eigenvalue weighted by Gasteiger charge is 2.16. The molecule has 144 valence electrons. The number of nitrogens with one attached hydrogen (secondary N) is 1. The first kappa shape index (κ1) is 19.1. The third kappa shape index (κ3) is 5.66. The lowest BCUT2D eigenvalue weighted by atomic mass is 10.1. The van der Waals surface area contributed by atoms with E-state index in [0.29, 0.717) is 6.61 Å². The van der Waals surface area contributed by atoms with Gasteiger partial charge in [-0.3, -0.25) is 0 Å². The highest BCUT2D eigenvalue weighted by atomic mass is 16.5. The maximum absolute atomic E-state index is 6.26. The molecule has 0 amide bonds. The van der Waals surface area contributed by atoms with Crippen molar-refractivity contribution in [2.75, 3.05) is 34.0 Å². The van der Waals surface area contributed by atoms with Crippen molar-refractivity contribution in [2.24, 2.45) is 0 Å². The molecule has 0 bridgehead atoms. The van der Waals surface area contributed by atoms with E-state index >= 15 is 0 Å². The van der Waals surface area contributed by atoms with Crippen LogP contribution in [0.4, 0.5) is 0 Å². The molecule has 3 rings (SSSR count). The third-order valence-electron chi connectivity index (χ3n) is 4.67. The average Bonchev–Trinajstić information content (AvgIpc) is 3.24. The molecule has 5 nitrogen and oxygen atoms in total. The summed E-state index contributed by atoms with van der Waals surface area (Å²) in [6, 6.07) is 16.4. The molecule has 27 heavy (non-hydrogen) atoms. The minimum Gasteiger partial charge on any atom is -0.497 e. The van der Waals surface area contributed by atoms with Gasteiger partial charge in [0.25, 0.3) is 0 Å². The van der Waals surface area contributed by atoms with Crippen LogP contribution in [0.5, 0.6) is 11.5 Å². The molecule has 1 aliphatic rings. The molecule has 2 aromatic rings. The minimum absolute atomic E-state index is 0.0244. The minimum atomic E-state index is 0.0244. The Labute approximate surface area is 161 Å². The molecule has 0 fully saturated rings. The number of ether oxygens (including phenoxy) is 3. The van der Waals surface area contributed by atoms with Gasteiger partial charge in [0.05, 0.1) is 27.0 Å². The number of aryl methyl sites for hydroxylation is 1. The van der Waals surface area contributed by atoms with Gasteiger partial charge in [-0.25, -0.2) is 0 Å². The van der Waals surface area contributed by atoms with Gasteiger partial charge in [0.2, 0.25) is 0 Å². The number of hydrogen-bond donors (Lipinski definition) is 1. The average molecular weight is 368 g/mol. The van der Waals surface area contributed by atoms with Crippen molar-refractivity contribution in [2.45, 2.75) is 18.9 Å². The van der Waals surface area contributed by atoms with Crippen molar-refractivity contribution in [3.63, 3.8) is 0 Å². The lowest BCUT2D eigenvalue weighted by molar-refractivity contribution is 0.0337. The summed E-state index contributed by atoms with van der Waals surface area (Å²) in [5.41, 5.74) is 2.47. The first-order valence-electron chi connectivity index (χ1n) is 9.31. The first-order valence-corrected chi connectivity index (χ1v) is 9.31. The van der Waals surface area contributed by atoms with Gasteiger partial charge in [0, 0.05) is 25.6 Å². The van der Waals surface area contributed by atoms with E-state index in [9.17, 15) is 0 Å². The van der Waals surface area contributed by atoms with Gasteiger partial charge >= 0.3 is 0 Å². The Morgan fingerprint density at radius 2 is 1.63 bits per heavy atom. The summed E-state index contributed by atoms with van der Waals surface area (Å²) in [6.45, 7) is 2.36. The van der Waals surface area contributed by atoms with Gasteiger partial charge in [0.1, 0.15) is 11.5 Å². The molecule has 1 aliphatic heterocycles. The van der Waals surface area contributed by atoms with Crippen LogP contribution in [0.2, 0.25) is 0 Å². The number of nitrogens with zero attached hydrogens (tertiary/aromatic N) is 1. The molecule has 1 atom stereocenters. The molecule has 0 radical (unpaired) electrons. The molecular weight excluding hydrogens is 340 g/mol. The SMILES string of the molecule is COc1ccc(CCCOC(CN2C=CNC2)c2ccc(OC)cc2)cc1. The third-order valence-corrected chi connectivity index (χ3v) is 4.67. The van der Waals surface area contributed by atoms with Gasteiger partial charge < -0.3 is 24.4 Å². The molecule has 1 heterocycles. The standard InChI is InChI=1S/C22H28N2O3/c1-25-20-9-5-18(6-10-20)4-3-15-27-22(16-24-14-13-23-17-24)19-7-11-21(26-2)12-8-19/h5-14,22-23H,3-4,15-17H2,1-2H3. The molecule has 0 saturated carbocycles. The zero-order valence-corrected chi connectivity index (χ0v) is 16.1. The highest BCUT2D eigenvalue weighted by Crippen LogP contribution is 2.23. The Kier molecular flexibility index (Phi) is 6.99. The molecule has 0 aromatic heterocycles. The van der Waals surface area contributed by atoms with Gasteiger partial charge in [-0.2, -0.15) is 0 Å². The van der Waals surface area contributed by atoms with Crippen LogP contribution in [-0.4, -0.2) is 38.9 Å². The largest absolute Gasteiger partial charge is 0.497 e. The van der Waals surface area contributed by atoms with Crippen molar-refractivity contribution in [1.29, 1.82) is 0 Å². The summed E-state index contributed by atoms with van der Waals surface area (Å²) in [4.78, 5) is 2.22. The van der Waals surface area contributed by atoms with Gasteiger partial charge in [-0.1, -0.05) is 24.3 Å². The van der Waals surface area contributed by atoms with E-state index in [2.05, 4.69) is 40.7 Å². The molecular formula is C22H28N2O3. The second-order valence-electron chi connectivity index (χ2n) is 6.53. The summed E-state index contributed by atoms with van der Waals surface area (Å²) in [7, 11) is 3.37. The summed E-state index contributed by atoms with van der Waals surface area (Å²) >= 11 is 0. The zero-order valence-electron chi connectivity index (χ0n) is 16.1. The lowest BCUT2D eigenvalue weighted by Crippen LogP contribution is -2.27. The quantitative estimate of drug-likeness (QED) is 0.648. The smallest absolute Gasteiger partial charge is 0.118 e. The van der Waals surface area contributed by atoms with Gasteiger partial charge in [-0.15, -0.1) is 0 Å². The van der Waals surface area contributed by atoms with Gasteiger partial charge in [-0.05, 0) is 48.2 Å². The Morgan fingerprint density at radius 3 is 2.22 bits per heavy atom. The molecule has 0 spiro atoms. The molecule has 1 unspecified atom stereocenters. The first-order chi connectivity index (χ1) is 13.3. The van der Waals surface area contributed by atoms with E-state index in [0.717, 1.165) is 37.6 Å². The Hall–Kier alpha value is -2.66. The maximum Gasteiger partial charge on any atom is 0.118 e. The zero-order chi connectivity index (χ0) is 18.9. The highest BCUT2D eigenvalue weighted by molar-refractivity contribution is 5.29. The van der Waals surface area contributed by atoms with Crippen molar-refractivity contribution < 1.29 is 14.2 Å². The Bertz CT molecular complexity index is 713. The predicted octanol–water partition coefficient (Wildman–Crippen LogP) is 3.73. The predicted molar refractivity (Wildman–Crippen MR) is 107 cm³/mol. The molecule has 0 aliphatic carbocycles. The van der Waals surface area contributed by atoms with Crippen LogP contribution in [0.1, 0.15) is 23.7 Å². The number of benzene rings is 2. The summed E-state index contributed by atoms with van der Waals surface area (Å²) in [6.07, 6.45) is 6.03. The van der Waals surface area contributed by atoms with E-state index in [1.54, 1.807) is 14.2 Å². The van der Waals surface area contributed by atoms with Crippen LogP contribution < -0.4 is 14.8 Å². The fourth-order valence-electron chi connectivity index (χ4n) is 3.09. The van der Waals surface area contributed by atoms with Crippen molar-refractivity contribution in [3.8, 4) is 11.5 Å². The Morgan fingerprint density at radius 1 is 0.963 bits per heavy atom. The normalized spacial score (nSPS) is 14.1. The van der Waals surface area contributed by atoms with Crippen molar-refractivity contribution >= 4 is 0 Å². The Balaban J connectivity index is 1.54. The molecule has 5 heteroatoms. The topological polar surface area (TPSA) is 43.0 Å². The molecule has 2 aromatic carbocycles. The fraction of sp³-hybridized carbons (Fsp3) is 0.364. The van der Waals surface area contributed by atoms with Crippen LogP contribution >= 0.6 is 0 Å². The second kappa shape index (κ2) is 9.88. The number of hydrogen-bond acceptors (Lipinski definition) is 5. The van der Waals surface area contributed by atoms with E-state index < -0.39 is 0 Å². The van der Waals surface area contributed by atoms with Crippen molar-refractivity contribution in [1.82, 2.24) is 10.2 Å². The van der Waals surface area contributed by atoms with Crippen LogP contribution in [0.15, 0.2) is 60.9 Å². The van der Waals surface area contributed by atoms with Crippen LogP contribution in [0.25, 0.3) is 0 Å². The van der Waals surface area contributed by atoms with E-state index in [1.165, 1.54) is 11.1 Å². The molecule has 0 saturated heterocycles.